The zero-order valence-corrected chi connectivity index (χ0v) is 18.5. The molecule has 0 spiro atoms. The van der Waals surface area contributed by atoms with E-state index in [1.54, 1.807) is 24.0 Å². The summed E-state index contributed by atoms with van der Waals surface area (Å²) in [5.41, 5.74) is -1.55. The Morgan fingerprint density at radius 1 is 0.943 bits per heavy atom. The van der Waals surface area contributed by atoms with Gasteiger partial charge in [0.15, 0.2) is 5.69 Å². The highest BCUT2D eigenvalue weighted by Crippen LogP contribution is 2.34. The second-order valence-corrected chi connectivity index (χ2v) is 8.29. The third-order valence-electron chi connectivity index (χ3n) is 5.79. The summed E-state index contributed by atoms with van der Waals surface area (Å²) < 4.78 is 80.4. The number of alkyl halides is 6. The number of pyridine rings is 1. The molecule has 0 aliphatic carbocycles. The van der Waals surface area contributed by atoms with Gasteiger partial charge < -0.3 is 10.2 Å². The molecule has 1 N–H and O–H groups in total. The summed E-state index contributed by atoms with van der Waals surface area (Å²) in [5, 5.41) is 6.45. The quantitative estimate of drug-likeness (QED) is 0.515. The number of rotatable bonds is 4. The van der Waals surface area contributed by atoms with Crippen LogP contribution in [0, 0.1) is 6.92 Å². The molecular formula is C23H21F6N5O. The standard InChI is InChI=1S/C23H21F6N5O/c1-14-2-5-17(6-3-14)34-20(23(27,28)29)18(13-31-34)21(35)32-16-8-10-33(11-9-16)19-7-4-15(12-30-19)22(24,25)26/h2-7,12-13,16H,8-11H2,1H3,(H,32,35). The molecule has 35 heavy (non-hydrogen) atoms. The van der Waals surface area contributed by atoms with Crippen molar-refractivity contribution in [3.63, 3.8) is 0 Å². The molecule has 1 aromatic carbocycles. The van der Waals surface area contributed by atoms with Crippen LogP contribution in [0.25, 0.3) is 5.69 Å². The largest absolute Gasteiger partial charge is 0.434 e. The Hall–Kier alpha value is -3.57. The first-order valence-corrected chi connectivity index (χ1v) is 10.7. The molecule has 0 radical (unpaired) electrons. The van der Waals surface area contributed by atoms with Gasteiger partial charge in [-0.2, -0.15) is 31.4 Å². The van der Waals surface area contributed by atoms with Crippen molar-refractivity contribution in [1.29, 1.82) is 0 Å². The molecule has 186 valence electrons. The van der Waals surface area contributed by atoms with Gasteiger partial charge in [0.2, 0.25) is 0 Å². The van der Waals surface area contributed by atoms with Gasteiger partial charge in [0.05, 0.1) is 23.0 Å². The Morgan fingerprint density at radius 3 is 2.14 bits per heavy atom. The van der Waals surface area contributed by atoms with Gasteiger partial charge in [-0.1, -0.05) is 17.7 Å². The molecular weight excluding hydrogens is 476 g/mol. The first kappa shape index (κ1) is 24.6. The van der Waals surface area contributed by atoms with Crippen LogP contribution in [0.3, 0.4) is 0 Å². The molecule has 1 aliphatic heterocycles. The number of nitrogens with one attached hydrogen (secondary N) is 1. The van der Waals surface area contributed by atoms with E-state index in [-0.39, 0.29) is 5.69 Å². The number of anilines is 1. The van der Waals surface area contributed by atoms with Crippen molar-refractivity contribution in [2.45, 2.75) is 38.2 Å². The minimum atomic E-state index is -4.81. The van der Waals surface area contributed by atoms with Crippen LogP contribution in [-0.4, -0.2) is 39.8 Å². The Morgan fingerprint density at radius 2 is 1.60 bits per heavy atom. The van der Waals surface area contributed by atoms with Gasteiger partial charge in [0.25, 0.3) is 5.91 Å². The summed E-state index contributed by atoms with van der Waals surface area (Å²) in [5.74, 6) is -0.525. The van der Waals surface area contributed by atoms with E-state index in [1.807, 2.05) is 0 Å². The maximum absolute atomic E-state index is 13.9. The van der Waals surface area contributed by atoms with E-state index in [4.69, 9.17) is 0 Å². The summed E-state index contributed by atoms with van der Waals surface area (Å²) in [6.45, 7) is 2.55. The summed E-state index contributed by atoms with van der Waals surface area (Å²) in [6.07, 6.45) is -6.85. The summed E-state index contributed by atoms with van der Waals surface area (Å²) in [7, 11) is 0. The number of halogens is 6. The predicted molar refractivity (Wildman–Crippen MR) is 115 cm³/mol. The zero-order valence-electron chi connectivity index (χ0n) is 18.5. The highest BCUT2D eigenvalue weighted by molar-refractivity contribution is 5.95. The Labute approximate surface area is 196 Å². The SMILES string of the molecule is Cc1ccc(-n2ncc(C(=O)NC3CCN(c4ccc(C(F)(F)F)cn4)CC3)c2C(F)(F)F)cc1. The van der Waals surface area contributed by atoms with Crippen molar-refractivity contribution < 1.29 is 31.1 Å². The molecule has 12 heteroatoms. The second-order valence-electron chi connectivity index (χ2n) is 8.29. The molecule has 0 bridgehead atoms. The number of nitrogens with zero attached hydrogens (tertiary/aromatic N) is 4. The van der Waals surface area contributed by atoms with Crippen molar-refractivity contribution in [2.75, 3.05) is 18.0 Å². The summed E-state index contributed by atoms with van der Waals surface area (Å²) in [6, 6.07) is 8.09. The van der Waals surface area contributed by atoms with Crippen molar-refractivity contribution >= 4 is 11.7 Å². The number of aryl methyl sites for hydroxylation is 1. The molecule has 0 unspecified atom stereocenters. The van der Waals surface area contributed by atoms with Crippen LogP contribution >= 0.6 is 0 Å². The molecule has 0 saturated carbocycles. The number of hydrogen-bond donors (Lipinski definition) is 1. The molecule has 6 nitrogen and oxygen atoms in total. The number of hydrogen-bond acceptors (Lipinski definition) is 4. The first-order chi connectivity index (χ1) is 16.4. The fraction of sp³-hybridized carbons (Fsp3) is 0.348. The Bertz CT molecular complexity index is 1180. The summed E-state index contributed by atoms with van der Waals surface area (Å²) >= 11 is 0. The van der Waals surface area contributed by atoms with E-state index >= 15 is 0 Å². The smallest absolute Gasteiger partial charge is 0.356 e. The fourth-order valence-corrected chi connectivity index (χ4v) is 3.93. The van der Waals surface area contributed by atoms with Gasteiger partial charge in [-0.3, -0.25) is 4.79 Å². The first-order valence-electron chi connectivity index (χ1n) is 10.7. The fourth-order valence-electron chi connectivity index (χ4n) is 3.93. The lowest BCUT2D eigenvalue weighted by atomic mass is 10.0. The van der Waals surface area contributed by atoms with Gasteiger partial charge in [0.1, 0.15) is 5.82 Å². The molecule has 1 saturated heterocycles. The number of amides is 1. The van der Waals surface area contributed by atoms with Crippen molar-refractivity contribution in [2.24, 2.45) is 0 Å². The van der Waals surface area contributed by atoms with E-state index in [1.165, 1.54) is 18.2 Å². The minimum Gasteiger partial charge on any atom is -0.356 e. The molecule has 3 aromatic rings. The molecule has 1 fully saturated rings. The number of benzene rings is 1. The summed E-state index contributed by atoms with van der Waals surface area (Å²) in [4.78, 5) is 18.4. The maximum atomic E-state index is 13.9. The van der Waals surface area contributed by atoms with Gasteiger partial charge >= 0.3 is 12.4 Å². The van der Waals surface area contributed by atoms with E-state index in [2.05, 4.69) is 15.4 Å². The number of piperidine rings is 1. The maximum Gasteiger partial charge on any atom is 0.434 e. The average Bonchev–Trinajstić information content (AvgIpc) is 3.26. The topological polar surface area (TPSA) is 63.1 Å². The lowest BCUT2D eigenvalue weighted by Crippen LogP contribution is -2.45. The van der Waals surface area contributed by atoms with Gasteiger partial charge in [0, 0.05) is 25.3 Å². The molecule has 1 amide bonds. The monoisotopic (exact) mass is 497 g/mol. The third kappa shape index (κ3) is 5.41. The highest BCUT2D eigenvalue weighted by Gasteiger charge is 2.41. The Kier molecular flexibility index (Phi) is 6.48. The van der Waals surface area contributed by atoms with Crippen molar-refractivity contribution in [3.05, 3.63) is 71.2 Å². The van der Waals surface area contributed by atoms with Gasteiger partial charge in [-0.15, -0.1) is 0 Å². The number of carbonyl (C=O) groups is 1. The highest BCUT2D eigenvalue weighted by atomic mass is 19.4. The van der Waals surface area contributed by atoms with E-state index < -0.39 is 41.1 Å². The molecule has 2 aromatic heterocycles. The lowest BCUT2D eigenvalue weighted by molar-refractivity contribution is -0.143. The predicted octanol–water partition coefficient (Wildman–Crippen LogP) is 5.01. The number of aromatic nitrogens is 3. The van der Waals surface area contributed by atoms with Crippen molar-refractivity contribution in [1.82, 2.24) is 20.1 Å². The van der Waals surface area contributed by atoms with E-state index in [9.17, 15) is 31.1 Å². The van der Waals surface area contributed by atoms with Crippen LogP contribution in [0.4, 0.5) is 32.2 Å². The number of carbonyl (C=O) groups excluding carboxylic acids is 1. The van der Waals surface area contributed by atoms with Gasteiger partial charge in [-0.25, -0.2) is 9.67 Å². The lowest BCUT2D eigenvalue weighted by Gasteiger charge is -2.33. The third-order valence-corrected chi connectivity index (χ3v) is 5.79. The average molecular weight is 497 g/mol. The molecule has 1 aliphatic rings. The normalized spacial score (nSPS) is 15.3. The Balaban J connectivity index is 1.44. The zero-order chi connectivity index (χ0) is 25.4. The molecule has 4 rings (SSSR count). The van der Waals surface area contributed by atoms with Crippen molar-refractivity contribution in [3.8, 4) is 5.69 Å². The van der Waals surface area contributed by atoms with Crippen LogP contribution in [0.5, 0.6) is 0 Å². The second kappa shape index (κ2) is 9.23. The molecule has 3 heterocycles. The molecule has 0 atom stereocenters. The van der Waals surface area contributed by atoms with Gasteiger partial charge in [-0.05, 0) is 44.0 Å². The van der Waals surface area contributed by atoms with Crippen LogP contribution in [0.2, 0.25) is 0 Å². The van der Waals surface area contributed by atoms with Crippen LogP contribution in [0.15, 0.2) is 48.8 Å². The van der Waals surface area contributed by atoms with Crippen LogP contribution in [-0.2, 0) is 12.4 Å². The minimum absolute atomic E-state index is 0.180. The van der Waals surface area contributed by atoms with E-state index in [0.29, 0.717) is 36.4 Å². The van der Waals surface area contributed by atoms with E-state index in [0.717, 1.165) is 24.0 Å². The van der Waals surface area contributed by atoms with Crippen LogP contribution < -0.4 is 10.2 Å². The van der Waals surface area contributed by atoms with Crippen LogP contribution in [0.1, 0.15) is 40.0 Å².